The summed E-state index contributed by atoms with van der Waals surface area (Å²) in [5.41, 5.74) is 2.71. The molecule has 1 aromatic heterocycles. The number of aromatic nitrogens is 2. The standard InChI is InChI=1S/C19H20N4O2/c24-13-17-5-3-11-22(17)19(25)21-15-7-9-16(10-8-15)23-18-6-2-1-4-14(18)12-20-23/h1-2,4,6-10,12,17,24H,3,5,11,13H2,(H,21,25). The van der Waals surface area contributed by atoms with E-state index in [-0.39, 0.29) is 18.7 Å². The van der Waals surface area contributed by atoms with E-state index in [1.165, 1.54) is 0 Å². The summed E-state index contributed by atoms with van der Waals surface area (Å²) in [6, 6.07) is 15.4. The van der Waals surface area contributed by atoms with Crippen LogP contribution < -0.4 is 5.32 Å². The molecule has 0 aliphatic carbocycles. The van der Waals surface area contributed by atoms with Crippen LogP contribution in [-0.4, -0.2) is 45.0 Å². The number of benzene rings is 2. The number of urea groups is 1. The average molecular weight is 336 g/mol. The molecule has 1 atom stereocenters. The van der Waals surface area contributed by atoms with Crippen LogP contribution >= 0.6 is 0 Å². The van der Waals surface area contributed by atoms with Crippen LogP contribution in [0.1, 0.15) is 12.8 Å². The summed E-state index contributed by atoms with van der Waals surface area (Å²) in [6.45, 7) is 0.702. The van der Waals surface area contributed by atoms with Crippen LogP contribution in [-0.2, 0) is 0 Å². The molecule has 1 fully saturated rings. The van der Waals surface area contributed by atoms with Crippen LogP contribution in [0, 0.1) is 0 Å². The third kappa shape index (κ3) is 2.96. The molecule has 1 aliphatic heterocycles. The lowest BCUT2D eigenvalue weighted by Gasteiger charge is -2.23. The second-order valence-electron chi connectivity index (χ2n) is 6.26. The minimum absolute atomic E-state index is 0.0126. The summed E-state index contributed by atoms with van der Waals surface area (Å²) in [5.74, 6) is 0. The van der Waals surface area contributed by atoms with Gasteiger partial charge in [0.15, 0.2) is 0 Å². The average Bonchev–Trinajstić information content (AvgIpc) is 3.29. The fourth-order valence-electron chi connectivity index (χ4n) is 3.35. The normalized spacial score (nSPS) is 17.2. The van der Waals surface area contributed by atoms with E-state index in [9.17, 15) is 9.90 Å². The van der Waals surface area contributed by atoms with Crippen molar-refractivity contribution in [3.8, 4) is 5.69 Å². The first kappa shape index (κ1) is 15.7. The number of nitrogens with one attached hydrogen (secondary N) is 1. The highest BCUT2D eigenvalue weighted by atomic mass is 16.3. The highest BCUT2D eigenvalue weighted by molar-refractivity contribution is 5.90. The molecule has 1 unspecified atom stereocenters. The lowest BCUT2D eigenvalue weighted by molar-refractivity contribution is 0.166. The van der Waals surface area contributed by atoms with Crippen LogP contribution in [0.5, 0.6) is 0 Å². The summed E-state index contributed by atoms with van der Waals surface area (Å²) < 4.78 is 1.88. The van der Waals surface area contributed by atoms with E-state index in [4.69, 9.17) is 0 Å². The molecule has 2 N–H and O–H groups in total. The Bertz CT molecular complexity index is 888. The Labute approximate surface area is 145 Å². The molecule has 6 heteroatoms. The number of aliphatic hydroxyl groups excluding tert-OH is 1. The molecule has 25 heavy (non-hydrogen) atoms. The number of aliphatic hydroxyl groups is 1. The van der Waals surface area contributed by atoms with Gasteiger partial charge in [0.05, 0.1) is 30.0 Å². The van der Waals surface area contributed by atoms with Gasteiger partial charge in [0.1, 0.15) is 0 Å². The van der Waals surface area contributed by atoms with Crippen molar-refractivity contribution < 1.29 is 9.90 Å². The number of likely N-dealkylation sites (tertiary alicyclic amines) is 1. The Morgan fingerprint density at radius 3 is 2.80 bits per heavy atom. The topological polar surface area (TPSA) is 70.4 Å². The van der Waals surface area contributed by atoms with Gasteiger partial charge in [-0.25, -0.2) is 9.48 Å². The van der Waals surface area contributed by atoms with Crippen LogP contribution in [0.4, 0.5) is 10.5 Å². The van der Waals surface area contributed by atoms with Crippen molar-refractivity contribution >= 4 is 22.6 Å². The zero-order valence-corrected chi connectivity index (χ0v) is 13.8. The van der Waals surface area contributed by atoms with Gasteiger partial charge in [-0.2, -0.15) is 5.10 Å². The monoisotopic (exact) mass is 336 g/mol. The molecule has 0 radical (unpaired) electrons. The fourth-order valence-corrected chi connectivity index (χ4v) is 3.35. The third-order valence-electron chi connectivity index (χ3n) is 4.69. The Morgan fingerprint density at radius 1 is 1.20 bits per heavy atom. The maximum atomic E-state index is 12.4. The van der Waals surface area contributed by atoms with Gasteiger partial charge in [0.25, 0.3) is 0 Å². The van der Waals surface area contributed by atoms with Crippen LogP contribution in [0.3, 0.4) is 0 Å². The van der Waals surface area contributed by atoms with E-state index >= 15 is 0 Å². The molecule has 0 bridgehead atoms. The van der Waals surface area contributed by atoms with Gasteiger partial charge in [-0.05, 0) is 43.2 Å². The van der Waals surface area contributed by atoms with E-state index in [0.717, 1.165) is 35.1 Å². The number of rotatable bonds is 3. The van der Waals surface area contributed by atoms with Gasteiger partial charge in [0.2, 0.25) is 0 Å². The van der Waals surface area contributed by atoms with Gasteiger partial charge in [-0.3, -0.25) is 0 Å². The number of carbonyl (C=O) groups excluding carboxylic acids is 1. The smallest absolute Gasteiger partial charge is 0.322 e. The predicted octanol–water partition coefficient (Wildman–Crippen LogP) is 3.01. The molecule has 2 heterocycles. The number of carbonyl (C=O) groups is 1. The number of amides is 2. The molecule has 2 amide bonds. The quantitative estimate of drug-likeness (QED) is 0.772. The van der Waals surface area contributed by atoms with Gasteiger partial charge in [0, 0.05) is 17.6 Å². The van der Waals surface area contributed by atoms with Crippen molar-refractivity contribution in [1.29, 1.82) is 0 Å². The number of fused-ring (bicyclic) bond motifs is 1. The summed E-state index contributed by atoms with van der Waals surface area (Å²) in [4.78, 5) is 14.1. The van der Waals surface area contributed by atoms with E-state index in [2.05, 4.69) is 10.4 Å². The SMILES string of the molecule is O=C(Nc1ccc(-n2ncc3ccccc32)cc1)N1CCCC1CO. The second-order valence-corrected chi connectivity index (χ2v) is 6.26. The largest absolute Gasteiger partial charge is 0.394 e. The summed E-state index contributed by atoms with van der Waals surface area (Å²) >= 11 is 0. The molecule has 0 saturated carbocycles. The molecule has 128 valence electrons. The summed E-state index contributed by atoms with van der Waals surface area (Å²) in [6.07, 6.45) is 3.63. The van der Waals surface area contributed by atoms with Crippen molar-refractivity contribution in [3.63, 3.8) is 0 Å². The minimum atomic E-state index is -0.158. The maximum absolute atomic E-state index is 12.4. The Morgan fingerprint density at radius 2 is 2.00 bits per heavy atom. The van der Waals surface area contributed by atoms with Crippen LogP contribution in [0.25, 0.3) is 16.6 Å². The highest BCUT2D eigenvalue weighted by Gasteiger charge is 2.27. The highest BCUT2D eigenvalue weighted by Crippen LogP contribution is 2.21. The lowest BCUT2D eigenvalue weighted by atomic mass is 10.2. The Kier molecular flexibility index (Phi) is 4.11. The first-order chi connectivity index (χ1) is 12.3. The lowest BCUT2D eigenvalue weighted by Crippen LogP contribution is -2.40. The van der Waals surface area contributed by atoms with Gasteiger partial charge >= 0.3 is 6.03 Å². The van der Waals surface area contributed by atoms with Gasteiger partial charge in [-0.15, -0.1) is 0 Å². The molecule has 2 aromatic carbocycles. The van der Waals surface area contributed by atoms with Crippen molar-refractivity contribution in [2.75, 3.05) is 18.5 Å². The molecule has 4 rings (SSSR count). The number of hydrogen-bond donors (Lipinski definition) is 2. The molecule has 0 spiro atoms. The van der Waals surface area contributed by atoms with Gasteiger partial charge in [-0.1, -0.05) is 18.2 Å². The number of nitrogens with zero attached hydrogens (tertiary/aromatic N) is 3. The third-order valence-corrected chi connectivity index (χ3v) is 4.69. The number of anilines is 1. The zero-order valence-electron chi connectivity index (χ0n) is 13.8. The van der Waals surface area contributed by atoms with E-state index < -0.39 is 0 Å². The van der Waals surface area contributed by atoms with E-state index in [1.807, 2.05) is 59.4 Å². The van der Waals surface area contributed by atoms with Gasteiger partial charge < -0.3 is 15.3 Å². The fraction of sp³-hybridized carbons (Fsp3) is 0.263. The molecule has 6 nitrogen and oxygen atoms in total. The van der Waals surface area contributed by atoms with Crippen molar-refractivity contribution in [1.82, 2.24) is 14.7 Å². The van der Waals surface area contributed by atoms with Crippen molar-refractivity contribution in [2.24, 2.45) is 0 Å². The van der Waals surface area contributed by atoms with Crippen molar-refractivity contribution in [3.05, 3.63) is 54.7 Å². The minimum Gasteiger partial charge on any atom is -0.394 e. The first-order valence-electron chi connectivity index (χ1n) is 8.48. The molecule has 3 aromatic rings. The molecular weight excluding hydrogens is 316 g/mol. The second kappa shape index (κ2) is 6.57. The van der Waals surface area contributed by atoms with Crippen LogP contribution in [0.15, 0.2) is 54.7 Å². The first-order valence-corrected chi connectivity index (χ1v) is 8.48. The maximum Gasteiger partial charge on any atom is 0.322 e. The van der Waals surface area contributed by atoms with E-state index in [0.29, 0.717) is 6.54 Å². The zero-order chi connectivity index (χ0) is 17.2. The molecular formula is C19H20N4O2. The Balaban J connectivity index is 1.51. The molecule has 1 saturated heterocycles. The van der Waals surface area contributed by atoms with Crippen LogP contribution in [0.2, 0.25) is 0 Å². The Hall–Kier alpha value is -2.86. The van der Waals surface area contributed by atoms with E-state index in [1.54, 1.807) is 4.90 Å². The van der Waals surface area contributed by atoms with Crippen molar-refractivity contribution in [2.45, 2.75) is 18.9 Å². The molecule has 1 aliphatic rings. The summed E-state index contributed by atoms with van der Waals surface area (Å²) in [5, 5.41) is 17.8. The number of hydrogen-bond acceptors (Lipinski definition) is 3. The summed E-state index contributed by atoms with van der Waals surface area (Å²) in [7, 11) is 0. The predicted molar refractivity (Wildman–Crippen MR) is 96.9 cm³/mol. The number of para-hydroxylation sites is 1.